The van der Waals surface area contributed by atoms with Crippen molar-refractivity contribution in [3.8, 4) is 6.07 Å². The molecule has 2 fully saturated rings. The summed E-state index contributed by atoms with van der Waals surface area (Å²) >= 11 is 0. The van der Waals surface area contributed by atoms with Crippen molar-refractivity contribution in [2.75, 3.05) is 31.6 Å². The third kappa shape index (κ3) is 4.09. The summed E-state index contributed by atoms with van der Waals surface area (Å²) in [5, 5.41) is 17.0. The number of nitriles is 1. The predicted octanol–water partition coefficient (Wildman–Crippen LogP) is 3.57. The highest BCUT2D eigenvalue weighted by Gasteiger charge is 2.46. The van der Waals surface area contributed by atoms with E-state index in [1.54, 1.807) is 0 Å². The topological polar surface area (TPSA) is 57.1 Å². The van der Waals surface area contributed by atoms with E-state index in [-0.39, 0.29) is 5.41 Å². The van der Waals surface area contributed by atoms with Crippen LogP contribution in [0.15, 0.2) is 30.3 Å². The maximum absolute atomic E-state index is 9.81. The molecule has 0 aromatic heterocycles. The van der Waals surface area contributed by atoms with Crippen LogP contribution >= 0.6 is 0 Å². The lowest BCUT2D eigenvalue weighted by Crippen LogP contribution is -2.45. The Morgan fingerprint density at radius 3 is 2.67 bits per heavy atom. The number of anilines is 1. The quantitative estimate of drug-likeness (QED) is 0.752. The van der Waals surface area contributed by atoms with E-state index < -0.39 is 0 Å². The number of rotatable bonds is 7. The molecule has 1 aromatic carbocycles. The first-order chi connectivity index (χ1) is 11.8. The fourth-order valence-electron chi connectivity index (χ4n) is 4.33. The molecule has 2 N–H and O–H groups in total. The van der Waals surface area contributed by atoms with Crippen molar-refractivity contribution in [2.24, 2.45) is 11.3 Å². The molecule has 1 aliphatic heterocycles. The van der Waals surface area contributed by atoms with Crippen molar-refractivity contribution in [1.82, 2.24) is 5.32 Å². The number of ether oxygens (including phenoxy) is 1. The number of hydrogen-bond acceptors (Lipinski definition) is 4. The van der Waals surface area contributed by atoms with Gasteiger partial charge in [-0.25, -0.2) is 0 Å². The molecule has 4 heteroatoms. The highest BCUT2D eigenvalue weighted by atomic mass is 16.5. The van der Waals surface area contributed by atoms with Gasteiger partial charge in [0.05, 0.1) is 11.5 Å². The molecule has 1 aliphatic carbocycles. The standard InChI is InChI=1S/C20H29N3O/c21-16-20(10-14-24-15-11-20)18-8-4-9-19(18)23-13-5-12-22-17-6-2-1-3-7-17/h1-3,6-7,18-19,22-23H,4-5,8-15H2. The summed E-state index contributed by atoms with van der Waals surface area (Å²) in [6.07, 6.45) is 6.55. The van der Waals surface area contributed by atoms with Gasteiger partial charge in [0.15, 0.2) is 0 Å². The van der Waals surface area contributed by atoms with Gasteiger partial charge in [0, 0.05) is 31.5 Å². The highest BCUT2D eigenvalue weighted by molar-refractivity contribution is 5.42. The molecule has 0 spiro atoms. The molecule has 24 heavy (non-hydrogen) atoms. The molecular formula is C20H29N3O. The summed E-state index contributed by atoms with van der Waals surface area (Å²) in [5.41, 5.74) is 1.02. The van der Waals surface area contributed by atoms with Gasteiger partial charge in [0.1, 0.15) is 0 Å². The average Bonchev–Trinajstić information content (AvgIpc) is 3.12. The zero-order valence-corrected chi connectivity index (χ0v) is 14.5. The third-order valence-corrected chi connectivity index (χ3v) is 5.70. The second-order valence-corrected chi connectivity index (χ2v) is 7.12. The van der Waals surface area contributed by atoms with Crippen LogP contribution in [0.3, 0.4) is 0 Å². The maximum Gasteiger partial charge on any atom is 0.0695 e. The van der Waals surface area contributed by atoms with Crippen LogP contribution in [0.4, 0.5) is 5.69 Å². The van der Waals surface area contributed by atoms with E-state index in [1.807, 2.05) is 6.07 Å². The monoisotopic (exact) mass is 327 g/mol. The van der Waals surface area contributed by atoms with Crippen molar-refractivity contribution in [3.63, 3.8) is 0 Å². The van der Waals surface area contributed by atoms with Crippen LogP contribution in [-0.4, -0.2) is 32.3 Å². The largest absolute Gasteiger partial charge is 0.385 e. The van der Waals surface area contributed by atoms with Crippen LogP contribution in [0.25, 0.3) is 0 Å². The number of para-hydroxylation sites is 1. The van der Waals surface area contributed by atoms with E-state index in [1.165, 1.54) is 24.9 Å². The Balaban J connectivity index is 1.43. The Kier molecular flexibility index (Phi) is 6.12. The first kappa shape index (κ1) is 17.3. The van der Waals surface area contributed by atoms with Gasteiger partial charge in [-0.3, -0.25) is 0 Å². The summed E-state index contributed by atoms with van der Waals surface area (Å²) in [6.45, 7) is 3.49. The second kappa shape index (κ2) is 8.50. The van der Waals surface area contributed by atoms with Crippen LogP contribution in [0.5, 0.6) is 0 Å². The second-order valence-electron chi connectivity index (χ2n) is 7.12. The maximum atomic E-state index is 9.81. The van der Waals surface area contributed by atoms with Crippen LogP contribution in [0.2, 0.25) is 0 Å². The molecule has 0 radical (unpaired) electrons. The normalized spacial score (nSPS) is 26.0. The van der Waals surface area contributed by atoms with Crippen LogP contribution in [-0.2, 0) is 4.74 Å². The lowest BCUT2D eigenvalue weighted by molar-refractivity contribution is 0.00830. The molecule has 1 heterocycles. The smallest absolute Gasteiger partial charge is 0.0695 e. The molecule has 0 bridgehead atoms. The van der Waals surface area contributed by atoms with Crippen LogP contribution in [0.1, 0.15) is 38.5 Å². The molecule has 1 saturated carbocycles. The number of benzene rings is 1. The molecule has 2 unspecified atom stereocenters. The molecule has 2 atom stereocenters. The van der Waals surface area contributed by atoms with Crippen molar-refractivity contribution >= 4 is 5.69 Å². The Morgan fingerprint density at radius 2 is 1.92 bits per heavy atom. The molecule has 2 aliphatic rings. The van der Waals surface area contributed by atoms with Gasteiger partial charge in [0.2, 0.25) is 0 Å². The SMILES string of the molecule is N#CC1(C2CCCC2NCCCNc2ccccc2)CCOCC1. The van der Waals surface area contributed by atoms with E-state index in [0.717, 1.165) is 45.6 Å². The Hall–Kier alpha value is -1.57. The van der Waals surface area contributed by atoms with Crippen molar-refractivity contribution in [2.45, 2.75) is 44.6 Å². The van der Waals surface area contributed by atoms with Gasteiger partial charge in [-0.15, -0.1) is 0 Å². The minimum absolute atomic E-state index is 0.158. The van der Waals surface area contributed by atoms with E-state index in [9.17, 15) is 5.26 Å². The zero-order chi connectivity index (χ0) is 16.7. The molecule has 3 rings (SSSR count). The minimum Gasteiger partial charge on any atom is -0.385 e. The van der Waals surface area contributed by atoms with E-state index in [0.29, 0.717) is 12.0 Å². The van der Waals surface area contributed by atoms with Gasteiger partial charge in [-0.05, 0) is 56.7 Å². The minimum atomic E-state index is -0.158. The fraction of sp³-hybridized carbons (Fsp3) is 0.650. The number of hydrogen-bond donors (Lipinski definition) is 2. The lowest BCUT2D eigenvalue weighted by atomic mass is 9.68. The first-order valence-electron chi connectivity index (χ1n) is 9.35. The summed E-state index contributed by atoms with van der Waals surface area (Å²) < 4.78 is 5.50. The molecule has 1 aromatic rings. The average molecular weight is 327 g/mol. The van der Waals surface area contributed by atoms with E-state index >= 15 is 0 Å². The Morgan fingerprint density at radius 1 is 1.12 bits per heavy atom. The predicted molar refractivity (Wildman–Crippen MR) is 96.8 cm³/mol. The highest BCUT2D eigenvalue weighted by Crippen LogP contribution is 2.46. The lowest BCUT2D eigenvalue weighted by Gasteiger charge is -2.39. The zero-order valence-electron chi connectivity index (χ0n) is 14.5. The van der Waals surface area contributed by atoms with Crippen LogP contribution < -0.4 is 10.6 Å². The van der Waals surface area contributed by atoms with E-state index in [2.05, 4.69) is 41.0 Å². The summed E-state index contributed by atoms with van der Waals surface area (Å²) in [7, 11) is 0. The Labute approximate surface area is 145 Å². The number of nitrogens with one attached hydrogen (secondary N) is 2. The molecule has 130 valence electrons. The van der Waals surface area contributed by atoms with Gasteiger partial charge in [-0.1, -0.05) is 24.6 Å². The van der Waals surface area contributed by atoms with Gasteiger partial charge >= 0.3 is 0 Å². The van der Waals surface area contributed by atoms with Crippen molar-refractivity contribution < 1.29 is 4.74 Å². The van der Waals surface area contributed by atoms with E-state index in [4.69, 9.17) is 4.74 Å². The summed E-state index contributed by atoms with van der Waals surface area (Å²) in [4.78, 5) is 0. The first-order valence-corrected chi connectivity index (χ1v) is 9.35. The molecular weight excluding hydrogens is 298 g/mol. The molecule has 1 saturated heterocycles. The van der Waals surface area contributed by atoms with Crippen molar-refractivity contribution in [3.05, 3.63) is 30.3 Å². The summed E-state index contributed by atoms with van der Waals surface area (Å²) in [6, 6.07) is 13.5. The Bertz CT molecular complexity index is 534. The summed E-state index contributed by atoms with van der Waals surface area (Å²) in [5.74, 6) is 0.494. The van der Waals surface area contributed by atoms with Gasteiger partial charge < -0.3 is 15.4 Å². The van der Waals surface area contributed by atoms with Gasteiger partial charge in [0.25, 0.3) is 0 Å². The van der Waals surface area contributed by atoms with Crippen molar-refractivity contribution in [1.29, 1.82) is 5.26 Å². The number of nitrogens with zero attached hydrogens (tertiary/aromatic N) is 1. The van der Waals surface area contributed by atoms with Crippen LogP contribution in [0, 0.1) is 22.7 Å². The van der Waals surface area contributed by atoms with Gasteiger partial charge in [-0.2, -0.15) is 5.26 Å². The fourth-order valence-corrected chi connectivity index (χ4v) is 4.33. The third-order valence-electron chi connectivity index (χ3n) is 5.70. The molecule has 0 amide bonds. The molecule has 4 nitrogen and oxygen atoms in total.